The third kappa shape index (κ3) is 3.67. The summed E-state index contributed by atoms with van der Waals surface area (Å²) in [6, 6.07) is 16.5. The van der Waals surface area contributed by atoms with Gasteiger partial charge < -0.3 is 19.7 Å². The lowest BCUT2D eigenvalue weighted by molar-refractivity contribution is -0.0187. The summed E-state index contributed by atoms with van der Waals surface area (Å²) in [6.07, 6.45) is -5.35. The summed E-state index contributed by atoms with van der Waals surface area (Å²) in [4.78, 5) is 24.8. The molecule has 0 aliphatic carbocycles. The van der Waals surface area contributed by atoms with Crippen LogP contribution in [0.4, 0.5) is 0 Å². The molecule has 1 saturated heterocycles. The van der Waals surface area contributed by atoms with Crippen molar-refractivity contribution in [3.8, 4) is 0 Å². The molecule has 25 heavy (non-hydrogen) atoms. The highest BCUT2D eigenvalue weighted by molar-refractivity contribution is 6.01. The zero-order valence-corrected chi connectivity index (χ0v) is 13.3. The number of aliphatic hydroxyl groups is 2. The summed E-state index contributed by atoms with van der Waals surface area (Å²) in [6.45, 7) is -0.215. The van der Waals surface area contributed by atoms with E-state index in [4.69, 9.17) is 9.47 Å². The monoisotopic (exact) mass is 342 g/mol. The fourth-order valence-electron chi connectivity index (χ4n) is 2.77. The largest absolute Gasteiger partial charge is 0.382 e. The minimum atomic E-state index is -1.55. The van der Waals surface area contributed by atoms with Crippen molar-refractivity contribution in [2.75, 3.05) is 6.79 Å². The van der Waals surface area contributed by atoms with E-state index in [9.17, 15) is 19.8 Å². The predicted molar refractivity (Wildman–Crippen MR) is 88.2 cm³/mol. The number of aliphatic hydroxyl groups excluding tert-OH is 2. The van der Waals surface area contributed by atoms with Gasteiger partial charge in [-0.15, -0.1) is 0 Å². The number of carbonyl (C=O) groups is 2. The Morgan fingerprint density at radius 2 is 1.12 bits per heavy atom. The maximum Gasteiger partial charge on any atom is 0.194 e. The fourth-order valence-corrected chi connectivity index (χ4v) is 2.77. The van der Waals surface area contributed by atoms with Crippen molar-refractivity contribution in [3.63, 3.8) is 0 Å². The second-order valence-electron chi connectivity index (χ2n) is 5.73. The summed E-state index contributed by atoms with van der Waals surface area (Å²) in [5.41, 5.74) is 0.626. The molecule has 2 unspecified atom stereocenters. The average molecular weight is 342 g/mol. The topological polar surface area (TPSA) is 93.1 Å². The van der Waals surface area contributed by atoms with E-state index in [1.165, 1.54) is 0 Å². The van der Waals surface area contributed by atoms with Gasteiger partial charge in [0.25, 0.3) is 0 Å². The molecule has 3 rings (SSSR count). The Balaban J connectivity index is 1.76. The third-order valence-electron chi connectivity index (χ3n) is 4.12. The van der Waals surface area contributed by atoms with Crippen LogP contribution in [0.2, 0.25) is 0 Å². The Kier molecular flexibility index (Phi) is 5.35. The summed E-state index contributed by atoms with van der Waals surface area (Å²) in [7, 11) is 0. The van der Waals surface area contributed by atoms with Gasteiger partial charge in [0.15, 0.2) is 11.6 Å². The molecule has 1 fully saturated rings. The molecule has 130 valence electrons. The zero-order valence-electron chi connectivity index (χ0n) is 13.3. The van der Waals surface area contributed by atoms with Crippen LogP contribution < -0.4 is 0 Å². The van der Waals surface area contributed by atoms with Gasteiger partial charge in [0.2, 0.25) is 0 Å². The SMILES string of the molecule is O=C(c1ccccc1)C(O)[C@H]1OCO[C@@H]1C(O)C(=O)c1ccccc1. The van der Waals surface area contributed by atoms with Crippen molar-refractivity contribution in [3.05, 3.63) is 71.8 Å². The van der Waals surface area contributed by atoms with Gasteiger partial charge in [0.1, 0.15) is 31.2 Å². The van der Waals surface area contributed by atoms with Crippen molar-refractivity contribution in [2.24, 2.45) is 0 Å². The van der Waals surface area contributed by atoms with Crippen LogP contribution in [0, 0.1) is 0 Å². The Morgan fingerprint density at radius 1 is 0.760 bits per heavy atom. The Morgan fingerprint density at radius 3 is 1.48 bits per heavy atom. The first-order valence-corrected chi connectivity index (χ1v) is 7.87. The maximum atomic E-state index is 12.4. The van der Waals surface area contributed by atoms with Crippen LogP contribution in [-0.4, -0.2) is 53.0 Å². The molecule has 2 aromatic rings. The van der Waals surface area contributed by atoms with Gasteiger partial charge in [-0.2, -0.15) is 0 Å². The number of hydrogen-bond donors (Lipinski definition) is 2. The van der Waals surface area contributed by atoms with Crippen LogP contribution in [0.3, 0.4) is 0 Å². The number of Topliss-reactive ketones (excluding diaryl/α,β-unsaturated/α-hetero) is 2. The van der Waals surface area contributed by atoms with Crippen molar-refractivity contribution in [1.29, 1.82) is 0 Å². The van der Waals surface area contributed by atoms with Gasteiger partial charge in [0.05, 0.1) is 0 Å². The first-order chi connectivity index (χ1) is 12.1. The number of hydrogen-bond acceptors (Lipinski definition) is 6. The maximum absolute atomic E-state index is 12.4. The molecule has 1 aliphatic rings. The van der Waals surface area contributed by atoms with Crippen LogP contribution in [0.25, 0.3) is 0 Å². The Labute approximate surface area is 144 Å². The van der Waals surface area contributed by atoms with E-state index < -0.39 is 36.0 Å². The van der Waals surface area contributed by atoms with Gasteiger partial charge in [-0.1, -0.05) is 60.7 Å². The molecule has 2 N–H and O–H groups in total. The minimum absolute atomic E-state index is 0.215. The van der Waals surface area contributed by atoms with E-state index in [2.05, 4.69) is 0 Å². The van der Waals surface area contributed by atoms with Gasteiger partial charge in [-0.25, -0.2) is 0 Å². The zero-order chi connectivity index (χ0) is 17.8. The fraction of sp³-hybridized carbons (Fsp3) is 0.263. The highest BCUT2D eigenvalue weighted by Crippen LogP contribution is 2.23. The van der Waals surface area contributed by atoms with E-state index in [1.807, 2.05) is 0 Å². The molecule has 0 radical (unpaired) electrons. The molecule has 6 heteroatoms. The molecule has 1 aliphatic heterocycles. The molecule has 2 aromatic carbocycles. The smallest absolute Gasteiger partial charge is 0.194 e. The lowest BCUT2D eigenvalue weighted by Gasteiger charge is -2.24. The van der Waals surface area contributed by atoms with Crippen LogP contribution in [-0.2, 0) is 9.47 Å². The second-order valence-corrected chi connectivity index (χ2v) is 5.73. The minimum Gasteiger partial charge on any atom is -0.382 e. The van der Waals surface area contributed by atoms with Gasteiger partial charge in [0, 0.05) is 11.1 Å². The average Bonchev–Trinajstić information content (AvgIpc) is 3.16. The molecule has 4 atom stereocenters. The first kappa shape index (κ1) is 17.4. The molecule has 1 heterocycles. The second kappa shape index (κ2) is 7.67. The third-order valence-corrected chi connectivity index (χ3v) is 4.12. The molecular formula is C19H18O6. The molecule has 0 aromatic heterocycles. The van der Waals surface area contributed by atoms with Gasteiger partial charge in [-0.3, -0.25) is 9.59 Å². The summed E-state index contributed by atoms with van der Waals surface area (Å²) in [5, 5.41) is 20.7. The lowest BCUT2D eigenvalue weighted by atomic mass is 9.93. The highest BCUT2D eigenvalue weighted by Gasteiger charge is 2.45. The first-order valence-electron chi connectivity index (χ1n) is 7.87. The number of ether oxygens (including phenoxy) is 2. The molecule has 0 spiro atoms. The Bertz CT molecular complexity index is 667. The van der Waals surface area contributed by atoms with Crippen LogP contribution in [0.1, 0.15) is 20.7 Å². The number of benzene rings is 2. The van der Waals surface area contributed by atoms with E-state index in [0.29, 0.717) is 11.1 Å². The van der Waals surface area contributed by atoms with Gasteiger partial charge >= 0.3 is 0 Å². The van der Waals surface area contributed by atoms with Gasteiger partial charge in [-0.05, 0) is 0 Å². The standard InChI is InChI=1S/C19H18O6/c20-14(12-7-3-1-4-8-12)16(22)18-19(25-11-24-18)17(23)15(21)13-9-5-2-6-10-13/h1-10,16-19,22-23H,11H2/t16?,17?,18-,19-/m1/s1. The van der Waals surface area contributed by atoms with Crippen molar-refractivity contribution >= 4 is 11.6 Å². The summed E-state index contributed by atoms with van der Waals surface area (Å²) in [5.74, 6) is -1.11. The van der Waals surface area contributed by atoms with Crippen LogP contribution >= 0.6 is 0 Å². The summed E-state index contributed by atoms with van der Waals surface area (Å²) >= 11 is 0. The molecule has 0 saturated carbocycles. The van der Waals surface area contributed by atoms with Crippen molar-refractivity contribution in [2.45, 2.75) is 24.4 Å². The predicted octanol–water partition coefficient (Wildman–Crippen LogP) is 1.22. The van der Waals surface area contributed by atoms with E-state index >= 15 is 0 Å². The normalized spacial score (nSPS) is 22.3. The van der Waals surface area contributed by atoms with E-state index in [0.717, 1.165) is 0 Å². The van der Waals surface area contributed by atoms with Crippen LogP contribution in [0.5, 0.6) is 0 Å². The molecule has 6 nitrogen and oxygen atoms in total. The highest BCUT2D eigenvalue weighted by atomic mass is 16.7. The summed E-state index contributed by atoms with van der Waals surface area (Å²) < 4.78 is 10.5. The number of ketones is 2. The van der Waals surface area contributed by atoms with Crippen LogP contribution in [0.15, 0.2) is 60.7 Å². The van der Waals surface area contributed by atoms with Crippen molar-refractivity contribution in [1.82, 2.24) is 0 Å². The number of carbonyl (C=O) groups excluding carboxylic acids is 2. The van der Waals surface area contributed by atoms with Crippen molar-refractivity contribution < 1.29 is 29.3 Å². The van der Waals surface area contributed by atoms with E-state index in [-0.39, 0.29) is 6.79 Å². The molecular weight excluding hydrogens is 324 g/mol. The van der Waals surface area contributed by atoms with E-state index in [1.54, 1.807) is 60.7 Å². The lowest BCUT2D eigenvalue weighted by Crippen LogP contribution is -2.48. The molecule has 0 amide bonds. The number of rotatable bonds is 6. The Hall–Kier alpha value is -2.38. The molecule has 0 bridgehead atoms. The quantitative estimate of drug-likeness (QED) is 0.767.